The Bertz CT molecular complexity index is 761. The standard InChI is InChI=1S/C25H36N2O6/c1-20(15-24(28)26-11-5-7-13-30-16-22-18-32-22)25(29)27(21-9-3-2-4-10-21)12-6-8-14-31-17-23-19-33-23/h2-4,9-10,15,22-23H,5-8,11-14,16-19H2,1H3,(H,26,28)/b20-15-. The number of rotatable bonds is 17. The Kier molecular flexibility index (Phi) is 10.8. The summed E-state index contributed by atoms with van der Waals surface area (Å²) in [7, 11) is 0. The predicted octanol–water partition coefficient (Wildman–Crippen LogP) is 2.47. The molecule has 0 radical (unpaired) electrons. The summed E-state index contributed by atoms with van der Waals surface area (Å²) in [6.45, 7) is 6.98. The summed E-state index contributed by atoms with van der Waals surface area (Å²) in [5, 5.41) is 2.85. The van der Waals surface area contributed by atoms with Gasteiger partial charge >= 0.3 is 0 Å². The van der Waals surface area contributed by atoms with E-state index in [-0.39, 0.29) is 24.0 Å². The lowest BCUT2D eigenvalue weighted by molar-refractivity contribution is -0.118. The number of ether oxygens (including phenoxy) is 4. The molecule has 2 aliphatic rings. The molecule has 0 aliphatic carbocycles. The number of benzene rings is 1. The number of anilines is 1. The highest BCUT2D eigenvalue weighted by atomic mass is 16.6. The van der Waals surface area contributed by atoms with E-state index in [0.717, 1.165) is 44.6 Å². The van der Waals surface area contributed by atoms with E-state index < -0.39 is 0 Å². The highest BCUT2D eigenvalue weighted by Crippen LogP contribution is 2.17. The molecule has 1 N–H and O–H groups in total. The first-order valence-electron chi connectivity index (χ1n) is 11.8. The molecule has 2 amide bonds. The summed E-state index contributed by atoms with van der Waals surface area (Å²) in [6, 6.07) is 9.54. The highest BCUT2D eigenvalue weighted by molar-refractivity contribution is 6.08. The molecule has 1 aromatic carbocycles. The van der Waals surface area contributed by atoms with Gasteiger partial charge in [0.1, 0.15) is 12.2 Å². The predicted molar refractivity (Wildman–Crippen MR) is 125 cm³/mol. The van der Waals surface area contributed by atoms with Gasteiger partial charge in [-0.3, -0.25) is 9.59 Å². The van der Waals surface area contributed by atoms with E-state index in [0.29, 0.717) is 45.1 Å². The second kappa shape index (κ2) is 14.1. The monoisotopic (exact) mass is 460 g/mol. The van der Waals surface area contributed by atoms with Crippen LogP contribution in [-0.4, -0.2) is 76.8 Å². The maximum atomic E-state index is 13.1. The second-order valence-electron chi connectivity index (χ2n) is 8.39. The number of carbonyl (C=O) groups is 2. The number of amides is 2. The maximum absolute atomic E-state index is 13.1. The minimum absolute atomic E-state index is 0.167. The minimum Gasteiger partial charge on any atom is -0.379 e. The molecule has 0 saturated carbocycles. The van der Waals surface area contributed by atoms with Crippen molar-refractivity contribution in [2.24, 2.45) is 0 Å². The summed E-state index contributed by atoms with van der Waals surface area (Å²) < 4.78 is 21.3. The summed E-state index contributed by atoms with van der Waals surface area (Å²) in [5.74, 6) is -0.420. The molecular weight excluding hydrogens is 424 g/mol. The Hall–Kier alpha value is -2.26. The van der Waals surface area contributed by atoms with Crippen molar-refractivity contribution in [2.75, 3.05) is 57.6 Å². The van der Waals surface area contributed by atoms with Crippen LogP contribution in [0.5, 0.6) is 0 Å². The lowest BCUT2D eigenvalue weighted by Gasteiger charge is -2.23. The first-order valence-corrected chi connectivity index (χ1v) is 11.8. The van der Waals surface area contributed by atoms with Crippen molar-refractivity contribution in [2.45, 2.75) is 44.8 Å². The fourth-order valence-electron chi connectivity index (χ4n) is 3.25. The van der Waals surface area contributed by atoms with Crippen LogP contribution in [0.3, 0.4) is 0 Å². The normalized spacial score (nSPS) is 19.2. The van der Waals surface area contributed by atoms with Crippen LogP contribution in [0.1, 0.15) is 32.6 Å². The Balaban J connectivity index is 1.39. The van der Waals surface area contributed by atoms with E-state index in [1.165, 1.54) is 6.08 Å². The van der Waals surface area contributed by atoms with Crippen LogP contribution in [0.25, 0.3) is 0 Å². The minimum atomic E-state index is -0.253. The molecule has 182 valence electrons. The van der Waals surface area contributed by atoms with Gasteiger partial charge in [0.05, 0.1) is 26.4 Å². The molecule has 2 unspecified atom stereocenters. The molecular formula is C25H36N2O6. The fourth-order valence-corrected chi connectivity index (χ4v) is 3.25. The quantitative estimate of drug-likeness (QED) is 0.218. The fraction of sp³-hybridized carbons (Fsp3) is 0.600. The smallest absolute Gasteiger partial charge is 0.254 e. The van der Waals surface area contributed by atoms with Gasteiger partial charge in [0, 0.05) is 43.6 Å². The third-order valence-electron chi connectivity index (χ3n) is 5.35. The number of nitrogens with one attached hydrogen (secondary N) is 1. The van der Waals surface area contributed by atoms with Crippen LogP contribution >= 0.6 is 0 Å². The van der Waals surface area contributed by atoms with Crippen LogP contribution in [-0.2, 0) is 28.5 Å². The van der Waals surface area contributed by atoms with Gasteiger partial charge in [0.2, 0.25) is 5.91 Å². The van der Waals surface area contributed by atoms with Gasteiger partial charge in [0.25, 0.3) is 5.91 Å². The van der Waals surface area contributed by atoms with E-state index in [9.17, 15) is 9.59 Å². The van der Waals surface area contributed by atoms with Gasteiger partial charge < -0.3 is 29.2 Å². The third-order valence-corrected chi connectivity index (χ3v) is 5.35. The van der Waals surface area contributed by atoms with Gasteiger partial charge in [-0.15, -0.1) is 0 Å². The molecule has 0 bridgehead atoms. The molecule has 1 aromatic rings. The zero-order valence-corrected chi connectivity index (χ0v) is 19.5. The van der Waals surface area contributed by atoms with Gasteiger partial charge in [-0.25, -0.2) is 0 Å². The molecule has 8 heteroatoms. The summed E-state index contributed by atoms with van der Waals surface area (Å²) in [4.78, 5) is 27.1. The zero-order chi connectivity index (χ0) is 23.3. The van der Waals surface area contributed by atoms with Crippen molar-refractivity contribution in [3.63, 3.8) is 0 Å². The van der Waals surface area contributed by atoms with E-state index in [4.69, 9.17) is 18.9 Å². The SMILES string of the molecule is C/C(=C/C(=O)NCCCCOCC1CO1)C(=O)N(CCCCOCC1CO1)c1ccccc1. The van der Waals surface area contributed by atoms with Gasteiger partial charge in [-0.05, 0) is 44.7 Å². The van der Waals surface area contributed by atoms with Crippen LogP contribution in [0.2, 0.25) is 0 Å². The lowest BCUT2D eigenvalue weighted by atomic mass is 10.2. The second-order valence-corrected chi connectivity index (χ2v) is 8.39. The average Bonchev–Trinajstić information content (AvgIpc) is 3.74. The molecule has 2 saturated heterocycles. The van der Waals surface area contributed by atoms with Gasteiger partial charge in [-0.1, -0.05) is 18.2 Å². The van der Waals surface area contributed by atoms with E-state index in [1.807, 2.05) is 30.3 Å². The summed E-state index contributed by atoms with van der Waals surface area (Å²) >= 11 is 0. The number of para-hydroxylation sites is 1. The molecule has 0 spiro atoms. The Morgan fingerprint density at radius 1 is 1.00 bits per heavy atom. The van der Waals surface area contributed by atoms with Crippen LogP contribution in [0.4, 0.5) is 5.69 Å². The third kappa shape index (κ3) is 10.5. The van der Waals surface area contributed by atoms with Crippen LogP contribution < -0.4 is 10.2 Å². The molecule has 2 heterocycles. The Morgan fingerprint density at radius 3 is 2.21 bits per heavy atom. The Morgan fingerprint density at radius 2 is 1.61 bits per heavy atom. The van der Waals surface area contributed by atoms with Crippen molar-refractivity contribution in [3.8, 4) is 0 Å². The molecule has 33 heavy (non-hydrogen) atoms. The lowest BCUT2D eigenvalue weighted by Crippen LogP contribution is -2.33. The Labute approximate surface area is 196 Å². The molecule has 0 aromatic heterocycles. The highest BCUT2D eigenvalue weighted by Gasteiger charge is 2.23. The van der Waals surface area contributed by atoms with E-state index >= 15 is 0 Å². The number of unbranched alkanes of at least 4 members (excludes halogenated alkanes) is 2. The van der Waals surface area contributed by atoms with Gasteiger partial charge in [-0.2, -0.15) is 0 Å². The molecule has 8 nitrogen and oxygen atoms in total. The first-order chi connectivity index (χ1) is 16.1. The number of nitrogens with zero attached hydrogens (tertiary/aromatic N) is 1. The maximum Gasteiger partial charge on any atom is 0.254 e. The van der Waals surface area contributed by atoms with E-state index in [2.05, 4.69) is 5.32 Å². The number of carbonyl (C=O) groups excluding carboxylic acids is 2. The molecule has 2 fully saturated rings. The van der Waals surface area contributed by atoms with Crippen LogP contribution in [0, 0.1) is 0 Å². The number of hydrogen-bond donors (Lipinski definition) is 1. The van der Waals surface area contributed by atoms with Crippen LogP contribution in [0.15, 0.2) is 42.0 Å². The van der Waals surface area contributed by atoms with Crippen molar-refractivity contribution in [1.29, 1.82) is 0 Å². The first kappa shape index (κ1) is 25.4. The van der Waals surface area contributed by atoms with Crippen molar-refractivity contribution >= 4 is 17.5 Å². The van der Waals surface area contributed by atoms with E-state index in [1.54, 1.807) is 11.8 Å². The summed E-state index contributed by atoms with van der Waals surface area (Å²) in [5.41, 5.74) is 1.23. The summed E-state index contributed by atoms with van der Waals surface area (Å²) in [6.07, 6.45) is 5.28. The number of epoxide rings is 2. The van der Waals surface area contributed by atoms with Crippen molar-refractivity contribution in [3.05, 3.63) is 42.0 Å². The molecule has 2 aliphatic heterocycles. The van der Waals surface area contributed by atoms with Gasteiger partial charge in [0.15, 0.2) is 0 Å². The largest absolute Gasteiger partial charge is 0.379 e. The number of hydrogen-bond acceptors (Lipinski definition) is 6. The van der Waals surface area contributed by atoms with Crippen molar-refractivity contribution in [1.82, 2.24) is 5.32 Å². The molecule has 3 rings (SSSR count). The van der Waals surface area contributed by atoms with Crippen molar-refractivity contribution < 1.29 is 28.5 Å². The molecule has 2 atom stereocenters. The average molecular weight is 461 g/mol. The zero-order valence-electron chi connectivity index (χ0n) is 19.5. The topological polar surface area (TPSA) is 92.9 Å².